The van der Waals surface area contributed by atoms with Crippen molar-refractivity contribution in [2.45, 2.75) is 19.6 Å². The zero-order chi connectivity index (χ0) is 16.8. The lowest BCUT2D eigenvalue weighted by molar-refractivity contribution is -0.141. The first kappa shape index (κ1) is 15.6. The number of aromatic nitrogens is 3. The fourth-order valence-corrected chi connectivity index (χ4v) is 2.44. The van der Waals surface area contributed by atoms with Crippen molar-refractivity contribution in [3.05, 3.63) is 68.9 Å². The summed E-state index contributed by atoms with van der Waals surface area (Å²) in [6.07, 6.45) is -3.20. The summed E-state index contributed by atoms with van der Waals surface area (Å²) in [5.41, 5.74) is -0.496. The van der Waals surface area contributed by atoms with Gasteiger partial charge >= 0.3 is 6.18 Å². The normalized spacial score (nSPS) is 12.0. The second-order valence-electron chi connectivity index (χ2n) is 5.13. The van der Waals surface area contributed by atoms with E-state index in [0.717, 1.165) is 9.96 Å². The van der Waals surface area contributed by atoms with Crippen LogP contribution in [0.3, 0.4) is 0 Å². The highest BCUT2D eigenvalue weighted by atomic mass is 35.5. The van der Waals surface area contributed by atoms with Crippen LogP contribution in [0.5, 0.6) is 0 Å². The Bertz CT molecular complexity index is 926. The van der Waals surface area contributed by atoms with Gasteiger partial charge in [0.15, 0.2) is 5.69 Å². The number of hydrogen-bond donors (Lipinski definition) is 0. The Balaban J connectivity index is 2.16. The molecule has 0 fully saturated rings. The van der Waals surface area contributed by atoms with Gasteiger partial charge in [0, 0.05) is 23.0 Å². The van der Waals surface area contributed by atoms with E-state index in [1.807, 2.05) is 0 Å². The van der Waals surface area contributed by atoms with Crippen LogP contribution in [0.1, 0.15) is 17.0 Å². The van der Waals surface area contributed by atoms with Gasteiger partial charge in [0.25, 0.3) is 5.56 Å². The standard InChI is InChI=1S/C15H11ClF3N3O/c1-9-7-22-13(23)6-12(15(17,18)19)20-14(22)21(9)8-10-2-4-11(16)5-3-10/h2-7H,8H2,1H3. The third kappa shape index (κ3) is 2.96. The third-order valence-electron chi connectivity index (χ3n) is 3.46. The number of fused-ring (bicyclic) bond motifs is 1. The third-order valence-corrected chi connectivity index (χ3v) is 3.71. The molecule has 0 amide bonds. The van der Waals surface area contributed by atoms with Gasteiger partial charge in [-0.3, -0.25) is 9.20 Å². The number of nitrogens with zero attached hydrogens (tertiary/aromatic N) is 3. The molecule has 0 atom stereocenters. The highest BCUT2D eigenvalue weighted by molar-refractivity contribution is 6.30. The molecule has 4 nitrogen and oxygen atoms in total. The van der Waals surface area contributed by atoms with E-state index >= 15 is 0 Å². The molecule has 0 saturated heterocycles. The SMILES string of the molecule is Cc1cn2c(=O)cc(C(F)(F)F)nc2n1Cc1ccc(Cl)cc1. The van der Waals surface area contributed by atoms with Crippen LogP contribution in [0.4, 0.5) is 13.2 Å². The van der Waals surface area contributed by atoms with Gasteiger partial charge in [-0.25, -0.2) is 4.98 Å². The van der Waals surface area contributed by atoms with E-state index in [1.165, 1.54) is 6.20 Å². The molecule has 0 radical (unpaired) electrons. The minimum absolute atomic E-state index is 0.0442. The molecule has 8 heteroatoms. The van der Waals surface area contributed by atoms with Crippen molar-refractivity contribution in [2.75, 3.05) is 0 Å². The Morgan fingerprint density at radius 2 is 1.87 bits per heavy atom. The second kappa shape index (κ2) is 5.42. The van der Waals surface area contributed by atoms with Crippen LogP contribution in [0.15, 0.2) is 41.3 Å². The molecule has 0 aliphatic carbocycles. The summed E-state index contributed by atoms with van der Waals surface area (Å²) in [6.45, 7) is 1.99. The summed E-state index contributed by atoms with van der Waals surface area (Å²) in [5.74, 6) is -0.0442. The topological polar surface area (TPSA) is 39.3 Å². The van der Waals surface area contributed by atoms with Gasteiger partial charge in [-0.05, 0) is 24.6 Å². The van der Waals surface area contributed by atoms with Gasteiger partial charge in [0.2, 0.25) is 5.78 Å². The van der Waals surface area contributed by atoms with Crippen molar-refractivity contribution in [1.82, 2.24) is 14.0 Å². The molecule has 0 spiro atoms. The lowest BCUT2D eigenvalue weighted by Crippen LogP contribution is -2.20. The average Bonchev–Trinajstić information content (AvgIpc) is 2.78. The van der Waals surface area contributed by atoms with Crippen molar-refractivity contribution in [3.8, 4) is 0 Å². The number of aryl methyl sites for hydroxylation is 1. The summed E-state index contributed by atoms with van der Waals surface area (Å²) in [5, 5.41) is 0.566. The van der Waals surface area contributed by atoms with Crippen molar-refractivity contribution < 1.29 is 13.2 Å². The molecule has 3 aromatic rings. The van der Waals surface area contributed by atoms with E-state index in [2.05, 4.69) is 4.98 Å². The maximum absolute atomic E-state index is 12.9. The first-order valence-electron chi connectivity index (χ1n) is 6.67. The van der Waals surface area contributed by atoms with Crippen molar-refractivity contribution in [3.63, 3.8) is 0 Å². The van der Waals surface area contributed by atoms with E-state index in [-0.39, 0.29) is 12.3 Å². The molecule has 2 aromatic heterocycles. The van der Waals surface area contributed by atoms with E-state index in [0.29, 0.717) is 16.8 Å². The molecule has 120 valence electrons. The van der Waals surface area contributed by atoms with Crippen molar-refractivity contribution in [1.29, 1.82) is 0 Å². The Kier molecular flexibility index (Phi) is 3.68. The molecule has 2 heterocycles. The summed E-state index contributed by atoms with van der Waals surface area (Å²) in [7, 11) is 0. The van der Waals surface area contributed by atoms with Crippen LogP contribution in [0.25, 0.3) is 5.78 Å². The number of halogens is 4. The molecule has 0 aliphatic heterocycles. The maximum atomic E-state index is 12.9. The molecule has 0 N–H and O–H groups in total. The van der Waals surface area contributed by atoms with Crippen LogP contribution in [0.2, 0.25) is 5.02 Å². The highest BCUT2D eigenvalue weighted by Crippen LogP contribution is 2.27. The molecule has 0 aliphatic rings. The molecular weight excluding hydrogens is 331 g/mol. The van der Waals surface area contributed by atoms with E-state index in [1.54, 1.807) is 35.8 Å². The first-order chi connectivity index (χ1) is 10.8. The van der Waals surface area contributed by atoms with Gasteiger partial charge in [0.05, 0.1) is 6.54 Å². The lowest BCUT2D eigenvalue weighted by atomic mass is 10.2. The van der Waals surface area contributed by atoms with Gasteiger partial charge in [-0.1, -0.05) is 23.7 Å². The Hall–Kier alpha value is -2.28. The Morgan fingerprint density at radius 1 is 1.22 bits per heavy atom. The molecule has 0 bridgehead atoms. The van der Waals surface area contributed by atoms with E-state index < -0.39 is 17.4 Å². The fraction of sp³-hybridized carbons (Fsp3) is 0.200. The van der Waals surface area contributed by atoms with Crippen LogP contribution >= 0.6 is 11.6 Å². The first-order valence-corrected chi connectivity index (χ1v) is 7.05. The molecule has 0 saturated carbocycles. The summed E-state index contributed by atoms with van der Waals surface area (Å²) in [4.78, 5) is 15.5. The molecule has 23 heavy (non-hydrogen) atoms. The van der Waals surface area contributed by atoms with Crippen LogP contribution in [-0.2, 0) is 12.7 Å². The average molecular weight is 342 g/mol. The van der Waals surface area contributed by atoms with Gasteiger partial charge < -0.3 is 4.57 Å². The van der Waals surface area contributed by atoms with Gasteiger partial charge in [-0.15, -0.1) is 0 Å². The minimum atomic E-state index is -4.67. The summed E-state index contributed by atoms with van der Waals surface area (Å²) >= 11 is 5.82. The predicted octanol–water partition coefficient (Wildman–Crippen LogP) is 3.52. The van der Waals surface area contributed by atoms with Crippen LogP contribution < -0.4 is 5.56 Å². The van der Waals surface area contributed by atoms with E-state index in [9.17, 15) is 18.0 Å². The summed E-state index contributed by atoms with van der Waals surface area (Å²) < 4.78 is 41.3. The largest absolute Gasteiger partial charge is 0.433 e. The Morgan fingerprint density at radius 3 is 2.48 bits per heavy atom. The van der Waals surface area contributed by atoms with Crippen LogP contribution in [-0.4, -0.2) is 14.0 Å². The smallest absolute Gasteiger partial charge is 0.310 e. The van der Waals surface area contributed by atoms with Crippen LogP contribution in [0, 0.1) is 6.92 Å². The number of alkyl halides is 3. The number of rotatable bonds is 2. The van der Waals surface area contributed by atoms with E-state index in [4.69, 9.17) is 11.6 Å². The fourth-order valence-electron chi connectivity index (χ4n) is 2.32. The molecule has 1 aromatic carbocycles. The monoisotopic (exact) mass is 341 g/mol. The highest BCUT2D eigenvalue weighted by Gasteiger charge is 2.34. The number of imidazole rings is 1. The maximum Gasteiger partial charge on any atom is 0.433 e. The minimum Gasteiger partial charge on any atom is -0.310 e. The molecular formula is C15H11ClF3N3O. The lowest BCUT2D eigenvalue weighted by Gasteiger charge is -2.09. The van der Waals surface area contributed by atoms with Crippen molar-refractivity contribution >= 4 is 17.4 Å². The predicted molar refractivity (Wildman–Crippen MR) is 79.7 cm³/mol. The molecule has 3 rings (SSSR count). The number of benzene rings is 1. The Labute approximate surface area is 133 Å². The number of hydrogen-bond acceptors (Lipinski definition) is 2. The molecule has 0 unspecified atom stereocenters. The quantitative estimate of drug-likeness (QED) is 0.715. The summed E-state index contributed by atoms with van der Waals surface area (Å²) in [6, 6.07) is 7.42. The zero-order valence-electron chi connectivity index (χ0n) is 11.9. The van der Waals surface area contributed by atoms with Gasteiger partial charge in [0.1, 0.15) is 0 Å². The second-order valence-corrected chi connectivity index (χ2v) is 5.57. The van der Waals surface area contributed by atoms with Crippen molar-refractivity contribution in [2.24, 2.45) is 0 Å². The van der Waals surface area contributed by atoms with Gasteiger partial charge in [-0.2, -0.15) is 13.2 Å². The zero-order valence-corrected chi connectivity index (χ0v) is 12.7.